The maximum atomic E-state index is 11.5. The van der Waals surface area contributed by atoms with Crippen LogP contribution in [0.2, 0.25) is 0 Å². The van der Waals surface area contributed by atoms with Gasteiger partial charge in [0.05, 0.1) is 18.2 Å². The molecule has 1 aromatic carbocycles. The molecule has 0 amide bonds. The molecule has 128 valence electrons. The van der Waals surface area contributed by atoms with E-state index in [2.05, 4.69) is 34.6 Å². The molecule has 0 saturated carbocycles. The number of piperidine rings is 1. The van der Waals surface area contributed by atoms with E-state index in [0.717, 1.165) is 37.9 Å². The summed E-state index contributed by atoms with van der Waals surface area (Å²) in [5.41, 5.74) is 2.66. The van der Waals surface area contributed by atoms with E-state index < -0.39 is 5.72 Å². The molecule has 1 fully saturated rings. The SMILES string of the molecule is CC[C@]12CCCN3CCc4c(n(c5ccccc45)[C@](O)(CO)C1)[C@@H]32. The zero-order valence-electron chi connectivity index (χ0n) is 14.3. The molecule has 0 spiro atoms. The molecule has 0 bridgehead atoms. The fourth-order valence-electron chi connectivity index (χ4n) is 6.02. The molecular formula is C20H26N2O2. The first kappa shape index (κ1) is 14.9. The van der Waals surface area contributed by atoms with E-state index in [4.69, 9.17) is 0 Å². The van der Waals surface area contributed by atoms with Gasteiger partial charge in [-0.3, -0.25) is 4.90 Å². The Morgan fingerprint density at radius 2 is 2.08 bits per heavy atom. The summed E-state index contributed by atoms with van der Waals surface area (Å²) >= 11 is 0. The van der Waals surface area contributed by atoms with Crippen LogP contribution in [0.3, 0.4) is 0 Å². The molecule has 0 radical (unpaired) electrons. The number of hydrogen-bond acceptors (Lipinski definition) is 3. The molecule has 1 saturated heterocycles. The second kappa shape index (κ2) is 4.84. The molecule has 4 nitrogen and oxygen atoms in total. The second-order valence-electron chi connectivity index (χ2n) is 8.04. The van der Waals surface area contributed by atoms with Gasteiger partial charge in [0.15, 0.2) is 5.72 Å². The molecule has 4 heterocycles. The summed E-state index contributed by atoms with van der Waals surface area (Å²) < 4.78 is 2.09. The van der Waals surface area contributed by atoms with E-state index in [9.17, 15) is 10.2 Å². The van der Waals surface area contributed by atoms with E-state index in [-0.39, 0.29) is 12.0 Å². The van der Waals surface area contributed by atoms with Crippen LogP contribution in [0, 0.1) is 5.41 Å². The van der Waals surface area contributed by atoms with E-state index in [1.807, 2.05) is 6.07 Å². The van der Waals surface area contributed by atoms with Gasteiger partial charge in [-0.1, -0.05) is 25.1 Å². The molecule has 1 aromatic heterocycles. The molecule has 3 aliphatic rings. The zero-order chi connectivity index (χ0) is 16.5. The Morgan fingerprint density at radius 3 is 2.88 bits per heavy atom. The Hall–Kier alpha value is -1.36. The second-order valence-corrected chi connectivity index (χ2v) is 8.04. The Balaban J connectivity index is 1.89. The average molecular weight is 326 g/mol. The summed E-state index contributed by atoms with van der Waals surface area (Å²) in [6.07, 6.45) is 5.09. The van der Waals surface area contributed by atoms with Gasteiger partial charge in [0.2, 0.25) is 0 Å². The van der Waals surface area contributed by atoms with Crippen molar-refractivity contribution in [2.45, 2.75) is 50.8 Å². The molecule has 5 rings (SSSR count). The quantitative estimate of drug-likeness (QED) is 0.892. The van der Waals surface area contributed by atoms with Crippen molar-refractivity contribution < 1.29 is 10.2 Å². The molecule has 3 aliphatic heterocycles. The monoisotopic (exact) mass is 326 g/mol. The lowest BCUT2D eigenvalue weighted by Crippen LogP contribution is -2.58. The van der Waals surface area contributed by atoms with Crippen LogP contribution in [0.15, 0.2) is 24.3 Å². The third-order valence-corrected chi connectivity index (χ3v) is 7.00. The summed E-state index contributed by atoms with van der Waals surface area (Å²) in [6.45, 7) is 4.32. The highest BCUT2D eigenvalue weighted by molar-refractivity contribution is 5.86. The number of rotatable bonds is 2. The number of para-hydroxylation sites is 1. The topological polar surface area (TPSA) is 48.6 Å². The molecule has 24 heavy (non-hydrogen) atoms. The number of aromatic nitrogens is 1. The van der Waals surface area contributed by atoms with Crippen molar-refractivity contribution >= 4 is 10.9 Å². The van der Waals surface area contributed by atoms with E-state index in [1.54, 1.807) is 0 Å². The highest BCUT2D eigenvalue weighted by Crippen LogP contribution is 2.60. The number of benzene rings is 1. The summed E-state index contributed by atoms with van der Waals surface area (Å²) in [5.74, 6) is 0. The maximum Gasteiger partial charge on any atom is 0.165 e. The van der Waals surface area contributed by atoms with Crippen LogP contribution in [-0.4, -0.2) is 39.4 Å². The molecular weight excluding hydrogens is 300 g/mol. The molecule has 2 aromatic rings. The van der Waals surface area contributed by atoms with Crippen molar-refractivity contribution in [2.24, 2.45) is 5.41 Å². The van der Waals surface area contributed by atoms with Crippen LogP contribution in [0.25, 0.3) is 10.9 Å². The van der Waals surface area contributed by atoms with Gasteiger partial charge in [-0.25, -0.2) is 0 Å². The minimum absolute atomic E-state index is 0.0786. The fraction of sp³-hybridized carbons (Fsp3) is 0.600. The smallest absolute Gasteiger partial charge is 0.165 e. The van der Waals surface area contributed by atoms with Crippen LogP contribution in [-0.2, 0) is 12.1 Å². The van der Waals surface area contributed by atoms with Crippen molar-refractivity contribution in [1.82, 2.24) is 9.47 Å². The van der Waals surface area contributed by atoms with Crippen LogP contribution >= 0.6 is 0 Å². The normalized spacial score (nSPS) is 35.2. The van der Waals surface area contributed by atoms with Gasteiger partial charge in [0, 0.05) is 24.0 Å². The molecule has 0 unspecified atom stereocenters. The largest absolute Gasteiger partial charge is 0.391 e. The van der Waals surface area contributed by atoms with Crippen molar-refractivity contribution in [3.63, 3.8) is 0 Å². The molecule has 0 aliphatic carbocycles. The van der Waals surface area contributed by atoms with E-state index in [1.165, 1.54) is 23.1 Å². The first-order valence-corrected chi connectivity index (χ1v) is 9.33. The van der Waals surface area contributed by atoms with Crippen molar-refractivity contribution in [2.75, 3.05) is 19.7 Å². The third kappa shape index (κ3) is 1.64. The summed E-state index contributed by atoms with van der Waals surface area (Å²) in [6, 6.07) is 8.79. The van der Waals surface area contributed by atoms with E-state index in [0.29, 0.717) is 12.5 Å². The Kier molecular flexibility index (Phi) is 3.01. The highest BCUT2D eigenvalue weighted by atomic mass is 16.3. The Labute approximate surface area is 142 Å². The van der Waals surface area contributed by atoms with Gasteiger partial charge in [-0.15, -0.1) is 0 Å². The predicted molar refractivity (Wildman–Crippen MR) is 93.8 cm³/mol. The van der Waals surface area contributed by atoms with Crippen molar-refractivity contribution in [3.05, 3.63) is 35.5 Å². The standard InChI is InChI=1S/C20H26N2O2/c1-2-19-9-5-10-21-11-8-15-14-6-3-4-7-16(14)22(17(15)18(19)21)20(24,12-19)13-23/h3-4,6-7,18,23-24H,2,5,8-13H2,1H3/t18-,19+,20-/m1/s1. The van der Waals surface area contributed by atoms with Gasteiger partial charge >= 0.3 is 0 Å². The number of hydrogen-bond donors (Lipinski definition) is 2. The first-order chi connectivity index (χ1) is 11.6. The Bertz CT molecular complexity index is 813. The summed E-state index contributed by atoms with van der Waals surface area (Å²) in [7, 11) is 0. The van der Waals surface area contributed by atoms with Crippen LogP contribution in [0.4, 0.5) is 0 Å². The van der Waals surface area contributed by atoms with Gasteiger partial charge in [0.25, 0.3) is 0 Å². The van der Waals surface area contributed by atoms with Crippen molar-refractivity contribution in [3.8, 4) is 0 Å². The van der Waals surface area contributed by atoms with Gasteiger partial charge in [0.1, 0.15) is 0 Å². The lowest BCUT2D eigenvalue weighted by Gasteiger charge is -2.58. The lowest BCUT2D eigenvalue weighted by atomic mass is 9.62. The lowest BCUT2D eigenvalue weighted by molar-refractivity contribution is -0.164. The van der Waals surface area contributed by atoms with E-state index >= 15 is 0 Å². The number of nitrogens with zero attached hydrogens (tertiary/aromatic N) is 2. The molecule has 3 atom stereocenters. The highest BCUT2D eigenvalue weighted by Gasteiger charge is 2.57. The van der Waals surface area contributed by atoms with Gasteiger partial charge in [-0.05, 0) is 49.3 Å². The van der Waals surface area contributed by atoms with Gasteiger partial charge in [-0.2, -0.15) is 0 Å². The minimum atomic E-state index is -1.18. The predicted octanol–water partition coefficient (Wildman–Crippen LogP) is 2.77. The minimum Gasteiger partial charge on any atom is -0.391 e. The average Bonchev–Trinajstić information content (AvgIpc) is 2.97. The summed E-state index contributed by atoms with van der Waals surface area (Å²) in [4.78, 5) is 2.64. The zero-order valence-corrected chi connectivity index (χ0v) is 14.3. The summed E-state index contributed by atoms with van der Waals surface area (Å²) in [5, 5.41) is 22.9. The fourth-order valence-corrected chi connectivity index (χ4v) is 6.02. The third-order valence-electron chi connectivity index (χ3n) is 7.00. The number of aliphatic hydroxyl groups is 2. The maximum absolute atomic E-state index is 11.5. The number of aliphatic hydroxyl groups excluding tert-OH is 1. The van der Waals surface area contributed by atoms with Crippen molar-refractivity contribution in [1.29, 1.82) is 0 Å². The first-order valence-electron chi connectivity index (χ1n) is 9.33. The van der Waals surface area contributed by atoms with Crippen LogP contribution < -0.4 is 0 Å². The van der Waals surface area contributed by atoms with Gasteiger partial charge < -0.3 is 14.8 Å². The van der Waals surface area contributed by atoms with Crippen LogP contribution in [0.1, 0.15) is 49.9 Å². The molecule has 4 heteroatoms. The molecule has 2 N–H and O–H groups in total. The Morgan fingerprint density at radius 1 is 1.25 bits per heavy atom. The number of fused-ring (bicyclic) bond motifs is 3. The van der Waals surface area contributed by atoms with Crippen LogP contribution in [0.5, 0.6) is 0 Å².